The van der Waals surface area contributed by atoms with Crippen molar-refractivity contribution in [2.45, 2.75) is 53.4 Å². The summed E-state index contributed by atoms with van der Waals surface area (Å²) in [6.45, 7) is 10.7. The molecule has 1 aromatic rings. The van der Waals surface area contributed by atoms with Gasteiger partial charge in [0.25, 0.3) is 0 Å². The zero-order chi connectivity index (χ0) is 17.9. The Hall–Kier alpha value is -1.26. The second-order valence-corrected chi connectivity index (χ2v) is 8.26. The third-order valence-electron chi connectivity index (χ3n) is 4.19. The predicted molar refractivity (Wildman–Crippen MR) is 96.2 cm³/mol. The van der Waals surface area contributed by atoms with Crippen LogP contribution < -0.4 is 10.1 Å². The van der Waals surface area contributed by atoms with E-state index in [2.05, 4.69) is 19.2 Å². The average molecular weight is 354 g/mol. The van der Waals surface area contributed by atoms with Crippen molar-refractivity contribution in [2.24, 2.45) is 17.3 Å². The van der Waals surface area contributed by atoms with Gasteiger partial charge in [0, 0.05) is 23.9 Å². The van der Waals surface area contributed by atoms with Crippen molar-refractivity contribution >= 4 is 17.6 Å². The molecule has 4 nitrogen and oxygen atoms in total. The summed E-state index contributed by atoms with van der Waals surface area (Å²) < 4.78 is 11.8. The molecule has 0 radical (unpaired) electrons. The molecule has 0 aromatic heterocycles. The van der Waals surface area contributed by atoms with Crippen LogP contribution in [0.25, 0.3) is 0 Å². The third-order valence-corrected chi connectivity index (χ3v) is 4.45. The Morgan fingerprint density at radius 3 is 2.42 bits per heavy atom. The molecular weight excluding hydrogens is 326 g/mol. The lowest BCUT2D eigenvalue weighted by Crippen LogP contribution is -2.33. The monoisotopic (exact) mass is 353 g/mol. The van der Waals surface area contributed by atoms with Gasteiger partial charge in [-0.05, 0) is 51.0 Å². The number of hydrogen-bond acceptors (Lipinski definition) is 4. The molecule has 1 aromatic carbocycles. The zero-order valence-electron chi connectivity index (χ0n) is 15.1. The minimum Gasteiger partial charge on any atom is -0.490 e. The molecule has 1 fully saturated rings. The average Bonchev–Trinajstić information content (AvgIpc) is 2.93. The van der Waals surface area contributed by atoms with Crippen LogP contribution in [0.4, 0.5) is 0 Å². The lowest BCUT2D eigenvalue weighted by Gasteiger charge is -2.28. The molecule has 1 unspecified atom stereocenters. The van der Waals surface area contributed by atoms with Crippen molar-refractivity contribution < 1.29 is 14.3 Å². The molecule has 1 N–H and O–H groups in total. The molecule has 0 saturated carbocycles. The van der Waals surface area contributed by atoms with Crippen LogP contribution in [0.5, 0.6) is 5.75 Å². The molecule has 134 valence electrons. The second kappa shape index (κ2) is 7.75. The topological polar surface area (TPSA) is 47.6 Å². The molecule has 0 amide bonds. The van der Waals surface area contributed by atoms with Gasteiger partial charge in [-0.25, -0.2) is 0 Å². The van der Waals surface area contributed by atoms with E-state index in [1.807, 2.05) is 45.0 Å². The van der Waals surface area contributed by atoms with Crippen molar-refractivity contribution in [1.29, 1.82) is 0 Å². The van der Waals surface area contributed by atoms with E-state index < -0.39 is 5.41 Å². The second-order valence-electron chi connectivity index (χ2n) is 7.83. The number of nitrogens with one attached hydrogen (secondary N) is 1. The lowest BCUT2D eigenvalue weighted by molar-refractivity contribution is -0.159. The van der Waals surface area contributed by atoms with Gasteiger partial charge in [-0.2, -0.15) is 0 Å². The van der Waals surface area contributed by atoms with E-state index in [0.717, 1.165) is 18.7 Å². The fraction of sp³-hybridized carbons (Fsp3) is 0.632. The number of hydrogen-bond donors (Lipinski definition) is 1. The molecular formula is C19H28ClNO3. The van der Waals surface area contributed by atoms with E-state index in [1.54, 1.807) is 0 Å². The summed E-state index contributed by atoms with van der Waals surface area (Å²) >= 11 is 5.93. The predicted octanol–water partition coefficient (Wildman–Crippen LogP) is 4.27. The van der Waals surface area contributed by atoms with Gasteiger partial charge in [0.05, 0.1) is 5.41 Å². The van der Waals surface area contributed by atoms with Crippen LogP contribution >= 0.6 is 11.6 Å². The highest BCUT2D eigenvalue weighted by Crippen LogP contribution is 2.29. The van der Waals surface area contributed by atoms with Crippen LogP contribution in [0.15, 0.2) is 24.3 Å². The number of benzene rings is 1. The van der Waals surface area contributed by atoms with E-state index in [4.69, 9.17) is 21.1 Å². The first-order valence-corrected chi connectivity index (χ1v) is 8.91. The van der Waals surface area contributed by atoms with E-state index in [-0.39, 0.29) is 18.3 Å². The third kappa shape index (κ3) is 5.12. The molecule has 1 heterocycles. The fourth-order valence-electron chi connectivity index (χ4n) is 2.82. The van der Waals surface area contributed by atoms with Gasteiger partial charge in [-0.3, -0.25) is 10.1 Å². The largest absolute Gasteiger partial charge is 0.490 e. The minimum atomic E-state index is -0.489. The van der Waals surface area contributed by atoms with E-state index in [1.165, 1.54) is 0 Å². The maximum atomic E-state index is 12.0. The first kappa shape index (κ1) is 19.1. The Morgan fingerprint density at radius 2 is 1.88 bits per heavy atom. The van der Waals surface area contributed by atoms with Crippen molar-refractivity contribution in [3.05, 3.63) is 29.3 Å². The highest BCUT2D eigenvalue weighted by molar-refractivity contribution is 6.30. The Bertz CT molecular complexity index is 551. The Balaban J connectivity index is 1.97. The quantitative estimate of drug-likeness (QED) is 0.803. The summed E-state index contributed by atoms with van der Waals surface area (Å²) in [7, 11) is 0. The highest BCUT2D eigenvalue weighted by Gasteiger charge is 2.36. The molecule has 5 heteroatoms. The van der Waals surface area contributed by atoms with Crippen LogP contribution in [0, 0.1) is 17.3 Å². The number of halogens is 1. The maximum Gasteiger partial charge on any atom is 0.312 e. The van der Waals surface area contributed by atoms with Gasteiger partial charge in [-0.15, -0.1) is 0 Å². The Labute approximate surface area is 149 Å². The normalized spacial score (nSPS) is 22.5. The van der Waals surface area contributed by atoms with Gasteiger partial charge in [0.1, 0.15) is 11.9 Å². The molecule has 1 aliphatic rings. The van der Waals surface area contributed by atoms with Crippen LogP contribution in [0.1, 0.15) is 41.0 Å². The van der Waals surface area contributed by atoms with E-state index in [0.29, 0.717) is 16.9 Å². The van der Waals surface area contributed by atoms with Gasteiger partial charge in [-0.1, -0.05) is 25.4 Å². The summed E-state index contributed by atoms with van der Waals surface area (Å²) in [6.07, 6.45) is 0.576. The fourth-order valence-corrected chi connectivity index (χ4v) is 2.94. The molecule has 1 saturated heterocycles. The molecule has 24 heavy (non-hydrogen) atoms. The van der Waals surface area contributed by atoms with Crippen LogP contribution in [0.3, 0.4) is 0 Å². The van der Waals surface area contributed by atoms with Crippen LogP contribution in [-0.4, -0.2) is 24.8 Å². The first-order valence-electron chi connectivity index (χ1n) is 8.53. The minimum absolute atomic E-state index is 0.0528. The number of carbonyl (C=O) groups is 1. The molecule has 0 aliphatic carbocycles. The SMILES string of the molecule is CC(C)[C@H](Oc1ccc(Cl)cc1)[C@@H]1CNC(OC(=O)C(C)(C)C)C1. The number of ether oxygens (including phenoxy) is 2. The molecule has 0 bridgehead atoms. The summed E-state index contributed by atoms with van der Waals surface area (Å²) in [4.78, 5) is 12.0. The van der Waals surface area contributed by atoms with Crippen molar-refractivity contribution in [3.63, 3.8) is 0 Å². The van der Waals surface area contributed by atoms with Gasteiger partial charge in [0.15, 0.2) is 6.23 Å². The Morgan fingerprint density at radius 1 is 1.25 bits per heavy atom. The lowest BCUT2D eigenvalue weighted by atomic mass is 9.92. The number of rotatable bonds is 5. The van der Waals surface area contributed by atoms with E-state index >= 15 is 0 Å². The summed E-state index contributed by atoms with van der Waals surface area (Å²) in [5, 5.41) is 3.99. The van der Waals surface area contributed by atoms with Gasteiger partial charge in [0.2, 0.25) is 0 Å². The molecule has 1 aliphatic heterocycles. The van der Waals surface area contributed by atoms with Crippen LogP contribution in [0.2, 0.25) is 5.02 Å². The number of carbonyl (C=O) groups excluding carboxylic acids is 1. The van der Waals surface area contributed by atoms with Crippen molar-refractivity contribution in [3.8, 4) is 5.75 Å². The van der Waals surface area contributed by atoms with Crippen LogP contribution in [-0.2, 0) is 9.53 Å². The van der Waals surface area contributed by atoms with E-state index in [9.17, 15) is 4.79 Å². The molecule has 2 rings (SSSR count). The smallest absolute Gasteiger partial charge is 0.312 e. The molecule has 3 atom stereocenters. The highest BCUT2D eigenvalue weighted by atomic mass is 35.5. The van der Waals surface area contributed by atoms with Crippen molar-refractivity contribution in [1.82, 2.24) is 5.32 Å². The maximum absolute atomic E-state index is 12.0. The van der Waals surface area contributed by atoms with Gasteiger partial charge >= 0.3 is 5.97 Å². The zero-order valence-corrected chi connectivity index (χ0v) is 15.9. The number of esters is 1. The standard InChI is InChI=1S/C19H28ClNO3/c1-12(2)17(23-15-8-6-14(20)7-9-15)13-10-16(21-11-13)24-18(22)19(3,4)5/h6-9,12-13,16-17,21H,10-11H2,1-5H3/t13-,16?,17-/m0/s1. The summed E-state index contributed by atoms with van der Waals surface area (Å²) in [5.74, 6) is 1.27. The summed E-state index contributed by atoms with van der Waals surface area (Å²) in [5.41, 5.74) is -0.489. The molecule has 0 spiro atoms. The van der Waals surface area contributed by atoms with Gasteiger partial charge < -0.3 is 9.47 Å². The Kier molecular flexibility index (Phi) is 6.16. The van der Waals surface area contributed by atoms with Crippen molar-refractivity contribution in [2.75, 3.05) is 6.54 Å². The summed E-state index contributed by atoms with van der Waals surface area (Å²) in [6, 6.07) is 7.43. The first-order chi connectivity index (χ1) is 11.2.